The molecule has 0 spiro atoms. The quantitative estimate of drug-likeness (QED) is 0.809. The smallest absolute Gasteiger partial charge is 0.116 e. The van der Waals surface area contributed by atoms with E-state index in [1.165, 1.54) is 4.88 Å². The van der Waals surface area contributed by atoms with E-state index in [0.29, 0.717) is 5.75 Å². The van der Waals surface area contributed by atoms with E-state index in [9.17, 15) is 0 Å². The number of imidazole rings is 1. The van der Waals surface area contributed by atoms with Gasteiger partial charge < -0.3 is 4.98 Å². The van der Waals surface area contributed by atoms with Gasteiger partial charge in [0, 0.05) is 5.75 Å². The van der Waals surface area contributed by atoms with Crippen LogP contribution in [-0.4, -0.2) is 9.97 Å². The van der Waals surface area contributed by atoms with Crippen LogP contribution in [0.4, 0.5) is 0 Å². The van der Waals surface area contributed by atoms with Crippen LogP contribution >= 0.6 is 39.9 Å². The molecule has 0 amide bonds. The van der Waals surface area contributed by atoms with Gasteiger partial charge in [-0.3, -0.25) is 0 Å². The molecule has 2 rings (SSSR count). The number of nitrogens with one attached hydrogen (secondary N) is 1. The van der Waals surface area contributed by atoms with Gasteiger partial charge in [0.2, 0.25) is 0 Å². The van der Waals surface area contributed by atoms with Gasteiger partial charge in [-0.1, -0.05) is 0 Å². The molecule has 0 saturated heterocycles. The molecular weight excluding hydrogens is 268 g/mol. The highest BCUT2D eigenvalue weighted by Crippen LogP contribution is 2.29. The molecule has 0 aliphatic carbocycles. The molecule has 0 aliphatic rings. The van der Waals surface area contributed by atoms with Crippen molar-refractivity contribution in [3.05, 3.63) is 27.9 Å². The Labute approximate surface area is 93.9 Å². The minimum Gasteiger partial charge on any atom is -0.341 e. The average Bonchev–Trinajstić information content (AvgIpc) is 2.71. The number of aromatic nitrogens is 2. The van der Waals surface area contributed by atoms with Crippen LogP contribution in [-0.2, 0) is 5.75 Å². The molecule has 2 aromatic rings. The number of thiol groups is 1. The number of hydrogen-bond donors (Lipinski definition) is 2. The van der Waals surface area contributed by atoms with Gasteiger partial charge in [-0.15, -0.1) is 11.3 Å². The number of H-pyrrole nitrogens is 1. The van der Waals surface area contributed by atoms with Gasteiger partial charge in [0.25, 0.3) is 0 Å². The van der Waals surface area contributed by atoms with Crippen LogP contribution in [0, 0.1) is 0 Å². The predicted octanol–water partition coefficient (Wildman–Crippen LogP) is 3.33. The molecule has 2 heterocycles. The first-order valence-corrected chi connectivity index (χ1v) is 5.94. The summed E-state index contributed by atoms with van der Waals surface area (Å²) in [5.41, 5.74) is 1.06. The molecule has 0 radical (unpaired) electrons. The summed E-state index contributed by atoms with van der Waals surface area (Å²) in [6.45, 7) is 0. The zero-order chi connectivity index (χ0) is 9.26. The number of rotatable bonds is 2. The Hall–Kier alpha value is -0.260. The minimum absolute atomic E-state index is 0.645. The van der Waals surface area contributed by atoms with Crippen LogP contribution in [0.15, 0.2) is 22.1 Å². The van der Waals surface area contributed by atoms with E-state index in [1.807, 2.05) is 12.3 Å². The number of aromatic amines is 1. The zero-order valence-corrected chi connectivity index (χ0v) is 9.92. The molecule has 0 atom stereocenters. The van der Waals surface area contributed by atoms with Crippen molar-refractivity contribution in [2.45, 2.75) is 5.75 Å². The molecule has 0 aliphatic heterocycles. The van der Waals surface area contributed by atoms with Crippen molar-refractivity contribution < 1.29 is 0 Å². The third kappa shape index (κ3) is 1.98. The van der Waals surface area contributed by atoms with Crippen molar-refractivity contribution in [2.75, 3.05) is 0 Å². The molecule has 0 unspecified atom stereocenters. The Morgan fingerprint density at radius 3 is 2.92 bits per heavy atom. The molecule has 13 heavy (non-hydrogen) atoms. The first kappa shape index (κ1) is 9.30. The summed E-state index contributed by atoms with van der Waals surface area (Å²) in [5.74, 6) is 1.55. The zero-order valence-electron chi connectivity index (χ0n) is 6.62. The van der Waals surface area contributed by atoms with Crippen LogP contribution in [0.5, 0.6) is 0 Å². The molecule has 68 valence electrons. The van der Waals surface area contributed by atoms with Crippen molar-refractivity contribution in [3.8, 4) is 10.6 Å². The predicted molar refractivity (Wildman–Crippen MR) is 62.3 cm³/mol. The van der Waals surface area contributed by atoms with Gasteiger partial charge >= 0.3 is 0 Å². The molecule has 1 N–H and O–H groups in total. The fourth-order valence-corrected chi connectivity index (χ4v) is 2.54. The third-order valence-electron chi connectivity index (χ3n) is 1.62. The van der Waals surface area contributed by atoms with E-state index in [0.717, 1.165) is 15.3 Å². The van der Waals surface area contributed by atoms with Gasteiger partial charge in [0.1, 0.15) is 5.82 Å². The van der Waals surface area contributed by atoms with Crippen LogP contribution in [0.2, 0.25) is 0 Å². The first-order chi connectivity index (χ1) is 6.29. The Bertz CT molecular complexity index is 408. The van der Waals surface area contributed by atoms with Crippen molar-refractivity contribution in [1.82, 2.24) is 9.97 Å². The van der Waals surface area contributed by atoms with E-state index < -0.39 is 0 Å². The molecule has 2 aromatic heterocycles. The molecule has 0 aromatic carbocycles. The molecule has 5 heteroatoms. The summed E-state index contributed by atoms with van der Waals surface area (Å²) in [4.78, 5) is 8.56. The van der Waals surface area contributed by atoms with Crippen molar-refractivity contribution in [1.29, 1.82) is 0 Å². The Morgan fingerprint density at radius 1 is 1.54 bits per heavy atom. The normalized spacial score (nSPS) is 10.6. The third-order valence-corrected chi connectivity index (χ3v) is 3.57. The van der Waals surface area contributed by atoms with Gasteiger partial charge in [-0.25, -0.2) is 4.98 Å². The molecule has 2 nitrogen and oxygen atoms in total. The molecule has 0 bridgehead atoms. The largest absolute Gasteiger partial charge is 0.341 e. The number of nitrogens with zero attached hydrogens (tertiary/aromatic N) is 1. The van der Waals surface area contributed by atoms with E-state index in [4.69, 9.17) is 0 Å². The van der Waals surface area contributed by atoms with Gasteiger partial charge in [-0.2, -0.15) is 12.6 Å². The SMILES string of the molecule is SCc1ncc(-c2ccc(Br)s2)[nH]1. The highest BCUT2D eigenvalue weighted by Gasteiger charge is 2.04. The van der Waals surface area contributed by atoms with Gasteiger partial charge in [-0.05, 0) is 28.1 Å². The van der Waals surface area contributed by atoms with Crippen LogP contribution in [0.25, 0.3) is 10.6 Å². The molecule has 0 fully saturated rings. The average molecular weight is 275 g/mol. The summed E-state index contributed by atoms with van der Waals surface area (Å²) in [6, 6.07) is 4.09. The van der Waals surface area contributed by atoms with E-state index in [2.05, 4.69) is 44.6 Å². The standard InChI is InChI=1S/C8H7BrN2S2/c9-7-2-1-6(13-7)5-3-10-8(4-12)11-5/h1-3,12H,4H2,(H,10,11). The fraction of sp³-hybridized carbons (Fsp3) is 0.125. The van der Waals surface area contributed by atoms with Gasteiger partial charge in [0.15, 0.2) is 0 Å². The van der Waals surface area contributed by atoms with Crippen molar-refractivity contribution in [2.24, 2.45) is 0 Å². The highest BCUT2D eigenvalue weighted by molar-refractivity contribution is 9.11. The Balaban J connectivity index is 2.35. The van der Waals surface area contributed by atoms with Crippen molar-refractivity contribution in [3.63, 3.8) is 0 Å². The number of halogens is 1. The monoisotopic (exact) mass is 274 g/mol. The van der Waals surface area contributed by atoms with Gasteiger partial charge in [0.05, 0.1) is 20.6 Å². The Morgan fingerprint density at radius 2 is 2.38 bits per heavy atom. The second-order valence-corrected chi connectivity index (χ2v) is 5.28. The summed E-state index contributed by atoms with van der Waals surface area (Å²) >= 11 is 9.25. The van der Waals surface area contributed by atoms with Crippen LogP contribution in [0.1, 0.15) is 5.82 Å². The van der Waals surface area contributed by atoms with Crippen LogP contribution in [0.3, 0.4) is 0 Å². The summed E-state index contributed by atoms with van der Waals surface area (Å²) in [5, 5.41) is 0. The summed E-state index contributed by atoms with van der Waals surface area (Å²) in [7, 11) is 0. The minimum atomic E-state index is 0.645. The summed E-state index contributed by atoms with van der Waals surface area (Å²) < 4.78 is 1.13. The molecular formula is C8H7BrN2S2. The number of thiophene rings is 1. The highest BCUT2D eigenvalue weighted by atomic mass is 79.9. The van der Waals surface area contributed by atoms with Crippen LogP contribution < -0.4 is 0 Å². The molecule has 0 saturated carbocycles. The van der Waals surface area contributed by atoms with E-state index in [-0.39, 0.29) is 0 Å². The number of hydrogen-bond acceptors (Lipinski definition) is 3. The lowest BCUT2D eigenvalue weighted by Crippen LogP contribution is -1.78. The Kier molecular flexibility index (Phi) is 2.76. The fourth-order valence-electron chi connectivity index (χ4n) is 1.03. The van der Waals surface area contributed by atoms with Crippen molar-refractivity contribution >= 4 is 39.9 Å². The lowest BCUT2D eigenvalue weighted by atomic mass is 10.4. The maximum atomic E-state index is 4.18. The second kappa shape index (κ2) is 3.86. The lowest BCUT2D eigenvalue weighted by Gasteiger charge is -1.88. The summed E-state index contributed by atoms with van der Waals surface area (Å²) in [6.07, 6.45) is 1.84. The van der Waals surface area contributed by atoms with E-state index in [1.54, 1.807) is 11.3 Å². The van der Waals surface area contributed by atoms with E-state index >= 15 is 0 Å². The second-order valence-electron chi connectivity index (χ2n) is 2.51. The first-order valence-electron chi connectivity index (χ1n) is 3.70. The lowest BCUT2D eigenvalue weighted by molar-refractivity contribution is 1.13. The maximum Gasteiger partial charge on any atom is 0.116 e. The maximum absolute atomic E-state index is 4.18. The topological polar surface area (TPSA) is 28.7 Å².